The van der Waals surface area contributed by atoms with Gasteiger partial charge in [-0.1, -0.05) is 0 Å². The largest absolute Gasteiger partial charge is 0.369 e. The van der Waals surface area contributed by atoms with Gasteiger partial charge in [-0.2, -0.15) is 5.26 Å². The molecule has 78 valence electrons. The van der Waals surface area contributed by atoms with Crippen molar-refractivity contribution < 1.29 is 4.39 Å². The van der Waals surface area contributed by atoms with Crippen LogP contribution < -0.4 is 10.2 Å². The maximum atomic E-state index is 13.1. The van der Waals surface area contributed by atoms with Crippen molar-refractivity contribution in [2.75, 3.05) is 31.1 Å². The normalized spacial score (nSPS) is 16.1. The lowest BCUT2D eigenvalue weighted by Crippen LogP contribution is -2.43. The van der Waals surface area contributed by atoms with Gasteiger partial charge in [0.1, 0.15) is 11.9 Å². The molecular weight excluding hydrogens is 193 g/mol. The molecule has 1 fully saturated rings. The molecule has 0 saturated carbocycles. The fourth-order valence-corrected chi connectivity index (χ4v) is 1.72. The molecule has 0 aliphatic carbocycles. The molecule has 0 unspecified atom stereocenters. The van der Waals surface area contributed by atoms with Gasteiger partial charge in [-0.15, -0.1) is 0 Å². The predicted molar refractivity (Wildman–Crippen MR) is 56.2 cm³/mol. The Kier molecular flexibility index (Phi) is 2.84. The third-order valence-electron chi connectivity index (χ3n) is 2.55. The summed E-state index contributed by atoms with van der Waals surface area (Å²) >= 11 is 0. The Morgan fingerprint density at radius 3 is 2.73 bits per heavy atom. The molecule has 4 heteroatoms. The molecule has 3 nitrogen and oxygen atoms in total. The highest BCUT2D eigenvalue weighted by Crippen LogP contribution is 2.18. The Hall–Kier alpha value is -1.60. The Bertz CT molecular complexity index is 391. The second-order valence-electron chi connectivity index (χ2n) is 3.51. The summed E-state index contributed by atoms with van der Waals surface area (Å²) in [6.07, 6.45) is 0. The number of nitriles is 1. The van der Waals surface area contributed by atoms with Crippen molar-refractivity contribution in [2.45, 2.75) is 0 Å². The van der Waals surface area contributed by atoms with Crippen molar-refractivity contribution in [3.05, 3.63) is 29.6 Å². The molecule has 1 aliphatic heterocycles. The van der Waals surface area contributed by atoms with Crippen LogP contribution in [0.3, 0.4) is 0 Å². The first-order valence-electron chi connectivity index (χ1n) is 4.96. The minimum absolute atomic E-state index is 0.117. The summed E-state index contributed by atoms with van der Waals surface area (Å²) < 4.78 is 13.1. The molecule has 1 aromatic carbocycles. The Labute approximate surface area is 88.1 Å². The maximum Gasteiger partial charge on any atom is 0.141 e. The average Bonchev–Trinajstić information content (AvgIpc) is 2.31. The van der Waals surface area contributed by atoms with Crippen molar-refractivity contribution in [1.82, 2.24) is 5.32 Å². The quantitative estimate of drug-likeness (QED) is 0.746. The van der Waals surface area contributed by atoms with Gasteiger partial charge in [0.25, 0.3) is 0 Å². The molecule has 1 aromatic rings. The van der Waals surface area contributed by atoms with E-state index in [9.17, 15) is 4.39 Å². The first-order valence-corrected chi connectivity index (χ1v) is 4.96. The number of halogens is 1. The number of benzene rings is 1. The van der Waals surface area contributed by atoms with Crippen LogP contribution in [0.15, 0.2) is 18.2 Å². The van der Waals surface area contributed by atoms with Crippen LogP contribution >= 0.6 is 0 Å². The maximum absolute atomic E-state index is 13.1. The van der Waals surface area contributed by atoms with E-state index in [1.807, 2.05) is 6.07 Å². The molecule has 1 saturated heterocycles. The van der Waals surface area contributed by atoms with Gasteiger partial charge in [-0.3, -0.25) is 0 Å². The van der Waals surface area contributed by atoms with Gasteiger partial charge in [-0.25, -0.2) is 4.39 Å². The van der Waals surface area contributed by atoms with Gasteiger partial charge >= 0.3 is 0 Å². The summed E-state index contributed by atoms with van der Waals surface area (Å²) in [5.41, 5.74) is 1.04. The Morgan fingerprint density at radius 1 is 1.33 bits per heavy atom. The third kappa shape index (κ3) is 2.08. The fraction of sp³-hybridized carbons (Fsp3) is 0.364. The molecular formula is C11H12FN3. The predicted octanol–water partition coefficient (Wildman–Crippen LogP) is 1.11. The summed E-state index contributed by atoms with van der Waals surface area (Å²) in [7, 11) is 0. The highest BCUT2D eigenvalue weighted by atomic mass is 19.1. The smallest absolute Gasteiger partial charge is 0.141 e. The van der Waals surface area contributed by atoms with Crippen LogP contribution in [0.1, 0.15) is 5.56 Å². The molecule has 1 N–H and O–H groups in total. The zero-order valence-corrected chi connectivity index (χ0v) is 8.33. The van der Waals surface area contributed by atoms with Crippen LogP contribution in [-0.4, -0.2) is 26.2 Å². The molecule has 0 aromatic heterocycles. The lowest BCUT2D eigenvalue weighted by atomic mass is 10.2. The molecule has 0 atom stereocenters. The fourth-order valence-electron chi connectivity index (χ4n) is 1.72. The number of piperazine rings is 1. The van der Waals surface area contributed by atoms with E-state index >= 15 is 0 Å². The van der Waals surface area contributed by atoms with E-state index < -0.39 is 5.82 Å². The zero-order valence-electron chi connectivity index (χ0n) is 8.33. The van der Waals surface area contributed by atoms with Crippen LogP contribution in [0.5, 0.6) is 0 Å². The minimum atomic E-state index is -0.448. The number of hydrogen-bond donors (Lipinski definition) is 1. The molecule has 0 spiro atoms. The SMILES string of the molecule is N#Cc1cc(N2CCNCC2)ccc1F. The summed E-state index contributed by atoms with van der Waals surface area (Å²) in [6.45, 7) is 3.66. The molecule has 0 radical (unpaired) electrons. The van der Waals surface area contributed by atoms with Gasteiger partial charge < -0.3 is 10.2 Å². The van der Waals surface area contributed by atoms with Crippen molar-refractivity contribution in [1.29, 1.82) is 5.26 Å². The molecule has 0 bridgehead atoms. The highest BCUT2D eigenvalue weighted by Gasteiger charge is 2.12. The summed E-state index contributed by atoms with van der Waals surface area (Å²) in [6, 6.07) is 6.55. The summed E-state index contributed by atoms with van der Waals surface area (Å²) in [5.74, 6) is -0.448. The molecule has 1 aliphatic rings. The van der Waals surface area contributed by atoms with E-state index in [1.54, 1.807) is 12.1 Å². The zero-order chi connectivity index (χ0) is 10.7. The van der Waals surface area contributed by atoms with E-state index in [0.717, 1.165) is 31.9 Å². The molecule has 1 heterocycles. The number of nitrogens with one attached hydrogen (secondary N) is 1. The van der Waals surface area contributed by atoms with Gasteiger partial charge in [0.15, 0.2) is 0 Å². The van der Waals surface area contributed by atoms with Gasteiger partial charge in [0.2, 0.25) is 0 Å². The number of nitrogens with zero attached hydrogens (tertiary/aromatic N) is 2. The standard InChI is InChI=1S/C11H12FN3/c12-11-2-1-10(7-9(11)8-13)15-5-3-14-4-6-15/h1-2,7,14H,3-6H2. The lowest BCUT2D eigenvalue weighted by Gasteiger charge is -2.29. The van der Waals surface area contributed by atoms with Crippen molar-refractivity contribution >= 4 is 5.69 Å². The van der Waals surface area contributed by atoms with Crippen molar-refractivity contribution in [3.63, 3.8) is 0 Å². The van der Waals surface area contributed by atoms with Gasteiger partial charge in [0.05, 0.1) is 5.56 Å². The first-order chi connectivity index (χ1) is 7.31. The molecule has 15 heavy (non-hydrogen) atoms. The molecule has 2 rings (SSSR count). The summed E-state index contributed by atoms with van der Waals surface area (Å²) in [5, 5.41) is 12.0. The van der Waals surface area contributed by atoms with Crippen LogP contribution in [0.25, 0.3) is 0 Å². The van der Waals surface area contributed by atoms with Gasteiger partial charge in [0, 0.05) is 31.9 Å². The van der Waals surface area contributed by atoms with E-state index in [4.69, 9.17) is 5.26 Å². The number of anilines is 1. The lowest BCUT2D eigenvalue weighted by molar-refractivity contribution is 0.587. The second kappa shape index (κ2) is 4.28. The van der Waals surface area contributed by atoms with E-state index in [-0.39, 0.29) is 5.56 Å². The van der Waals surface area contributed by atoms with Crippen LogP contribution in [0, 0.1) is 17.1 Å². The van der Waals surface area contributed by atoms with E-state index in [0.29, 0.717) is 0 Å². The monoisotopic (exact) mass is 205 g/mol. The topological polar surface area (TPSA) is 39.1 Å². The highest BCUT2D eigenvalue weighted by molar-refractivity contribution is 5.52. The second-order valence-corrected chi connectivity index (χ2v) is 3.51. The van der Waals surface area contributed by atoms with Crippen molar-refractivity contribution in [2.24, 2.45) is 0 Å². The van der Waals surface area contributed by atoms with E-state index in [2.05, 4.69) is 10.2 Å². The number of hydrogen-bond acceptors (Lipinski definition) is 3. The Morgan fingerprint density at radius 2 is 2.07 bits per heavy atom. The Balaban J connectivity index is 2.25. The van der Waals surface area contributed by atoms with E-state index in [1.165, 1.54) is 6.07 Å². The average molecular weight is 205 g/mol. The molecule has 0 amide bonds. The third-order valence-corrected chi connectivity index (χ3v) is 2.55. The van der Waals surface area contributed by atoms with Crippen LogP contribution in [0.2, 0.25) is 0 Å². The summed E-state index contributed by atoms with van der Waals surface area (Å²) in [4.78, 5) is 2.15. The van der Waals surface area contributed by atoms with Crippen LogP contribution in [-0.2, 0) is 0 Å². The van der Waals surface area contributed by atoms with Crippen LogP contribution in [0.4, 0.5) is 10.1 Å². The minimum Gasteiger partial charge on any atom is -0.369 e. The first kappa shape index (κ1) is 9.94. The number of rotatable bonds is 1. The van der Waals surface area contributed by atoms with Crippen molar-refractivity contribution in [3.8, 4) is 6.07 Å². The van der Waals surface area contributed by atoms with Gasteiger partial charge in [-0.05, 0) is 18.2 Å².